The van der Waals surface area contributed by atoms with Gasteiger partial charge in [-0.25, -0.2) is 0 Å². The Morgan fingerprint density at radius 1 is 1.31 bits per heavy atom. The Morgan fingerprint density at radius 3 is 2.81 bits per heavy atom. The van der Waals surface area contributed by atoms with E-state index in [9.17, 15) is 0 Å². The number of hydrogen-bond acceptors (Lipinski definition) is 2. The molecular weight excluding hydrogens is 198 g/mol. The molecule has 0 bridgehead atoms. The van der Waals surface area contributed by atoms with Gasteiger partial charge < -0.3 is 10.0 Å². The highest BCUT2D eigenvalue weighted by Gasteiger charge is 2.22. The molecule has 0 amide bonds. The number of nitrogens with zero attached hydrogens (tertiary/aromatic N) is 1. The van der Waals surface area contributed by atoms with Gasteiger partial charge in [0.2, 0.25) is 0 Å². The van der Waals surface area contributed by atoms with Gasteiger partial charge in [0, 0.05) is 25.4 Å². The molecule has 2 rings (SSSR count). The Hall–Kier alpha value is -1.02. The van der Waals surface area contributed by atoms with Crippen molar-refractivity contribution in [2.75, 3.05) is 24.6 Å². The SMILES string of the molecule is Cc1ccc(N2CCC(CCO)C2)cc1C. The molecule has 1 atom stereocenters. The maximum Gasteiger partial charge on any atom is 0.0434 e. The van der Waals surface area contributed by atoms with Gasteiger partial charge in [0.15, 0.2) is 0 Å². The minimum atomic E-state index is 0.325. The summed E-state index contributed by atoms with van der Waals surface area (Å²) >= 11 is 0. The topological polar surface area (TPSA) is 23.5 Å². The third-order valence-electron chi connectivity index (χ3n) is 3.68. The molecule has 1 aliphatic heterocycles. The molecule has 2 heteroatoms. The lowest BCUT2D eigenvalue weighted by Crippen LogP contribution is -2.19. The highest BCUT2D eigenvalue weighted by Crippen LogP contribution is 2.26. The quantitative estimate of drug-likeness (QED) is 0.844. The van der Waals surface area contributed by atoms with Gasteiger partial charge >= 0.3 is 0 Å². The van der Waals surface area contributed by atoms with Crippen LogP contribution in [0.5, 0.6) is 0 Å². The number of aliphatic hydroxyl groups is 1. The molecule has 1 aromatic rings. The molecule has 0 spiro atoms. The first-order valence-electron chi connectivity index (χ1n) is 6.14. The number of hydrogen-bond donors (Lipinski definition) is 1. The molecule has 1 unspecified atom stereocenters. The Bertz CT molecular complexity index is 362. The number of aliphatic hydroxyl groups excluding tert-OH is 1. The van der Waals surface area contributed by atoms with E-state index >= 15 is 0 Å². The van der Waals surface area contributed by atoms with Crippen LogP contribution in [0.1, 0.15) is 24.0 Å². The van der Waals surface area contributed by atoms with E-state index in [2.05, 4.69) is 36.9 Å². The first kappa shape index (κ1) is 11.5. The van der Waals surface area contributed by atoms with Crippen LogP contribution in [0.15, 0.2) is 18.2 Å². The molecule has 1 N–H and O–H groups in total. The van der Waals surface area contributed by atoms with Crippen molar-refractivity contribution in [3.63, 3.8) is 0 Å². The lowest BCUT2D eigenvalue weighted by Gasteiger charge is -2.19. The molecule has 0 radical (unpaired) electrons. The van der Waals surface area contributed by atoms with Crippen molar-refractivity contribution in [1.82, 2.24) is 0 Å². The van der Waals surface area contributed by atoms with E-state index in [0.29, 0.717) is 12.5 Å². The van der Waals surface area contributed by atoms with Crippen molar-refractivity contribution in [1.29, 1.82) is 0 Å². The lowest BCUT2D eigenvalue weighted by atomic mass is 10.1. The second-order valence-corrected chi connectivity index (χ2v) is 4.88. The molecule has 1 aromatic carbocycles. The minimum Gasteiger partial charge on any atom is -0.396 e. The molecular formula is C14H21NO. The summed E-state index contributed by atoms with van der Waals surface area (Å²) in [6.07, 6.45) is 2.16. The van der Waals surface area contributed by atoms with Crippen molar-refractivity contribution in [2.24, 2.45) is 5.92 Å². The van der Waals surface area contributed by atoms with Crippen molar-refractivity contribution in [3.8, 4) is 0 Å². The monoisotopic (exact) mass is 219 g/mol. The van der Waals surface area contributed by atoms with E-state index in [1.54, 1.807) is 0 Å². The molecule has 1 heterocycles. The molecule has 16 heavy (non-hydrogen) atoms. The average molecular weight is 219 g/mol. The first-order valence-corrected chi connectivity index (χ1v) is 6.14. The smallest absolute Gasteiger partial charge is 0.0434 e. The maximum absolute atomic E-state index is 8.95. The molecule has 0 saturated carbocycles. The summed E-state index contributed by atoms with van der Waals surface area (Å²) in [5.41, 5.74) is 4.06. The normalized spacial score (nSPS) is 20.4. The fourth-order valence-electron chi connectivity index (χ4n) is 2.41. The van der Waals surface area contributed by atoms with E-state index in [-0.39, 0.29) is 0 Å². The van der Waals surface area contributed by atoms with Crippen LogP contribution < -0.4 is 4.90 Å². The summed E-state index contributed by atoms with van der Waals surface area (Å²) in [6, 6.07) is 6.68. The van der Waals surface area contributed by atoms with Crippen LogP contribution in [-0.2, 0) is 0 Å². The number of rotatable bonds is 3. The Balaban J connectivity index is 2.05. The van der Waals surface area contributed by atoms with Gasteiger partial charge in [-0.05, 0) is 55.9 Å². The summed E-state index contributed by atoms with van der Waals surface area (Å²) in [4.78, 5) is 2.44. The zero-order valence-electron chi connectivity index (χ0n) is 10.2. The van der Waals surface area contributed by atoms with E-state index < -0.39 is 0 Å². The third kappa shape index (κ3) is 2.38. The summed E-state index contributed by atoms with van der Waals surface area (Å²) in [5, 5.41) is 8.95. The van der Waals surface area contributed by atoms with Gasteiger partial charge in [0.1, 0.15) is 0 Å². The van der Waals surface area contributed by atoms with Gasteiger partial charge in [0.25, 0.3) is 0 Å². The van der Waals surface area contributed by atoms with Gasteiger partial charge in [-0.1, -0.05) is 6.07 Å². The first-order chi connectivity index (χ1) is 7.70. The largest absolute Gasteiger partial charge is 0.396 e. The molecule has 1 aliphatic rings. The Labute approximate surface area is 97.9 Å². The standard InChI is InChI=1S/C14H21NO/c1-11-3-4-14(9-12(11)2)15-7-5-13(10-15)6-8-16/h3-4,9,13,16H,5-8,10H2,1-2H3. The zero-order valence-corrected chi connectivity index (χ0v) is 10.2. The zero-order chi connectivity index (χ0) is 11.5. The van der Waals surface area contributed by atoms with Crippen molar-refractivity contribution in [3.05, 3.63) is 29.3 Å². The molecule has 88 valence electrons. The third-order valence-corrected chi connectivity index (χ3v) is 3.68. The molecule has 0 aliphatic carbocycles. The fourth-order valence-corrected chi connectivity index (χ4v) is 2.41. The maximum atomic E-state index is 8.95. The van der Waals surface area contributed by atoms with Crippen LogP contribution in [0.2, 0.25) is 0 Å². The van der Waals surface area contributed by atoms with Crippen LogP contribution in [-0.4, -0.2) is 24.8 Å². The van der Waals surface area contributed by atoms with Gasteiger partial charge in [-0.15, -0.1) is 0 Å². The summed E-state index contributed by atoms with van der Waals surface area (Å²) in [6.45, 7) is 6.87. The van der Waals surface area contributed by atoms with Gasteiger partial charge in [0.05, 0.1) is 0 Å². The summed E-state index contributed by atoms with van der Waals surface area (Å²) in [7, 11) is 0. The van der Waals surface area contributed by atoms with Crippen LogP contribution in [0.3, 0.4) is 0 Å². The second-order valence-electron chi connectivity index (χ2n) is 4.88. The van der Waals surface area contributed by atoms with Crippen LogP contribution >= 0.6 is 0 Å². The van der Waals surface area contributed by atoms with Crippen molar-refractivity contribution in [2.45, 2.75) is 26.7 Å². The molecule has 2 nitrogen and oxygen atoms in total. The van der Waals surface area contributed by atoms with Crippen LogP contribution in [0.4, 0.5) is 5.69 Å². The Kier molecular flexibility index (Phi) is 3.49. The van der Waals surface area contributed by atoms with Gasteiger partial charge in [-0.3, -0.25) is 0 Å². The van der Waals surface area contributed by atoms with Crippen LogP contribution in [0, 0.1) is 19.8 Å². The minimum absolute atomic E-state index is 0.325. The molecule has 1 fully saturated rings. The number of anilines is 1. The van der Waals surface area contributed by atoms with Crippen molar-refractivity contribution < 1.29 is 5.11 Å². The van der Waals surface area contributed by atoms with Crippen molar-refractivity contribution >= 4 is 5.69 Å². The Morgan fingerprint density at radius 2 is 2.12 bits per heavy atom. The van der Waals surface area contributed by atoms with E-state index in [1.807, 2.05) is 0 Å². The van der Waals surface area contributed by atoms with Gasteiger partial charge in [-0.2, -0.15) is 0 Å². The number of benzene rings is 1. The highest BCUT2D eigenvalue weighted by atomic mass is 16.3. The fraction of sp³-hybridized carbons (Fsp3) is 0.571. The van der Waals surface area contributed by atoms with E-state index in [4.69, 9.17) is 5.11 Å². The molecule has 1 saturated heterocycles. The predicted octanol–water partition coefficient (Wildman–Crippen LogP) is 2.51. The van der Waals surface area contributed by atoms with Crippen LogP contribution in [0.25, 0.3) is 0 Å². The highest BCUT2D eigenvalue weighted by molar-refractivity contribution is 5.51. The predicted molar refractivity (Wildman–Crippen MR) is 67.9 cm³/mol. The second kappa shape index (κ2) is 4.88. The lowest BCUT2D eigenvalue weighted by molar-refractivity contribution is 0.263. The van der Waals surface area contributed by atoms with E-state index in [0.717, 1.165) is 19.5 Å². The summed E-state index contributed by atoms with van der Waals surface area (Å²) in [5.74, 6) is 0.673. The molecule has 0 aromatic heterocycles. The van der Waals surface area contributed by atoms with E-state index in [1.165, 1.54) is 23.2 Å². The average Bonchev–Trinajstić information content (AvgIpc) is 2.71. The summed E-state index contributed by atoms with van der Waals surface area (Å²) < 4.78 is 0. The number of aryl methyl sites for hydroxylation is 2.